The van der Waals surface area contributed by atoms with Crippen LogP contribution in [-0.4, -0.2) is 27.3 Å². The Morgan fingerprint density at radius 1 is 1.32 bits per heavy atom. The average Bonchev–Trinajstić information content (AvgIpc) is 2.93. The predicted octanol–water partition coefficient (Wildman–Crippen LogP) is 2.59. The van der Waals surface area contributed by atoms with Crippen LogP contribution >= 0.6 is 0 Å². The minimum absolute atomic E-state index is 0.0264. The molecule has 2 N–H and O–H groups in total. The number of aryl methyl sites for hydroxylation is 1. The zero-order valence-electron chi connectivity index (χ0n) is 10.2. The fourth-order valence-corrected chi connectivity index (χ4v) is 2.00. The molecule has 1 aromatic heterocycles. The highest BCUT2D eigenvalue weighted by Crippen LogP contribution is 2.30. The van der Waals surface area contributed by atoms with E-state index in [2.05, 4.69) is 15.2 Å². The van der Waals surface area contributed by atoms with Gasteiger partial charge < -0.3 is 5.11 Å². The summed E-state index contributed by atoms with van der Waals surface area (Å²) in [6, 6.07) is 6.95. The molecule has 0 aliphatic heterocycles. The minimum atomic E-state index is -0.214. The Balaban J connectivity index is 2.00. The van der Waals surface area contributed by atoms with E-state index < -0.39 is 0 Å². The summed E-state index contributed by atoms with van der Waals surface area (Å²) >= 11 is 0. The highest BCUT2D eigenvalue weighted by Gasteiger charge is 2.27. The molecule has 1 aromatic carbocycles. The quantitative estimate of drug-likeness (QED) is 0.807. The molecule has 0 amide bonds. The molecule has 0 spiro atoms. The van der Waals surface area contributed by atoms with Gasteiger partial charge in [0.2, 0.25) is 0 Å². The molecule has 1 aliphatic rings. The number of nitrogens with zero attached hydrogens (tertiary/aromatic N) is 2. The van der Waals surface area contributed by atoms with Gasteiger partial charge in [-0.1, -0.05) is 24.3 Å². The third kappa shape index (κ3) is 1.76. The lowest BCUT2D eigenvalue weighted by Crippen LogP contribution is -1.99. The number of benzene rings is 1. The number of fused-ring (bicyclic) bond motifs is 1. The number of carbonyl (C=O) groups is 1. The van der Waals surface area contributed by atoms with Gasteiger partial charge in [-0.3, -0.25) is 9.89 Å². The van der Waals surface area contributed by atoms with Crippen LogP contribution in [0.3, 0.4) is 0 Å². The first-order valence-electron chi connectivity index (χ1n) is 5.80. The van der Waals surface area contributed by atoms with Crippen molar-refractivity contribution in [2.75, 3.05) is 0 Å². The van der Waals surface area contributed by atoms with E-state index in [1.807, 2.05) is 6.92 Å². The monoisotopic (exact) mass is 253 g/mol. The molecule has 0 saturated carbocycles. The molecule has 0 atom stereocenters. The van der Waals surface area contributed by atoms with Gasteiger partial charge in [-0.05, 0) is 6.92 Å². The molecule has 1 heterocycles. The zero-order valence-corrected chi connectivity index (χ0v) is 10.2. The van der Waals surface area contributed by atoms with Crippen molar-refractivity contribution in [3.05, 3.63) is 52.7 Å². The number of allylic oxidation sites excluding steroid dienone is 1. The number of nitrogens with one attached hydrogen (secondary N) is 1. The van der Waals surface area contributed by atoms with Crippen LogP contribution in [-0.2, 0) is 0 Å². The van der Waals surface area contributed by atoms with Crippen LogP contribution in [0.1, 0.15) is 21.5 Å². The summed E-state index contributed by atoms with van der Waals surface area (Å²) in [6.07, 6.45) is 3.02. The van der Waals surface area contributed by atoms with E-state index in [-0.39, 0.29) is 17.1 Å². The number of rotatable bonds is 2. The SMILES string of the molecule is Cc1cn[nH]c1/N=C/C1=C(O)c2ccccc2C1=O. The maximum atomic E-state index is 12.1. The molecule has 0 radical (unpaired) electrons. The van der Waals surface area contributed by atoms with Crippen molar-refractivity contribution in [2.24, 2.45) is 4.99 Å². The molecule has 2 aromatic rings. The number of aliphatic hydroxyl groups is 1. The second-order valence-corrected chi connectivity index (χ2v) is 4.30. The second-order valence-electron chi connectivity index (χ2n) is 4.30. The van der Waals surface area contributed by atoms with Crippen molar-refractivity contribution in [2.45, 2.75) is 6.92 Å². The fraction of sp³-hybridized carbons (Fsp3) is 0.0714. The molecule has 0 fully saturated rings. The van der Waals surface area contributed by atoms with Gasteiger partial charge in [0.25, 0.3) is 0 Å². The van der Waals surface area contributed by atoms with E-state index in [0.717, 1.165) is 5.56 Å². The lowest BCUT2D eigenvalue weighted by molar-refractivity contribution is 0.104. The largest absolute Gasteiger partial charge is 0.506 e. The first-order chi connectivity index (χ1) is 9.18. The number of hydrogen-bond acceptors (Lipinski definition) is 4. The molecular weight excluding hydrogens is 242 g/mol. The van der Waals surface area contributed by atoms with E-state index >= 15 is 0 Å². The smallest absolute Gasteiger partial charge is 0.199 e. The van der Waals surface area contributed by atoms with E-state index in [1.54, 1.807) is 30.5 Å². The fourth-order valence-electron chi connectivity index (χ4n) is 2.00. The van der Waals surface area contributed by atoms with Gasteiger partial charge in [-0.2, -0.15) is 5.10 Å². The highest BCUT2D eigenvalue weighted by molar-refractivity contribution is 6.30. The maximum absolute atomic E-state index is 12.1. The van der Waals surface area contributed by atoms with Gasteiger partial charge in [0, 0.05) is 22.9 Å². The van der Waals surface area contributed by atoms with Crippen LogP contribution in [0.25, 0.3) is 5.76 Å². The molecule has 0 bridgehead atoms. The van der Waals surface area contributed by atoms with Crippen molar-refractivity contribution >= 4 is 23.6 Å². The molecule has 5 heteroatoms. The van der Waals surface area contributed by atoms with Gasteiger partial charge in [0.1, 0.15) is 5.76 Å². The van der Waals surface area contributed by atoms with E-state index in [1.165, 1.54) is 6.21 Å². The summed E-state index contributed by atoms with van der Waals surface area (Å²) in [5.41, 5.74) is 2.13. The molecule has 5 nitrogen and oxygen atoms in total. The minimum Gasteiger partial charge on any atom is -0.506 e. The number of aliphatic hydroxyl groups excluding tert-OH is 1. The number of aromatic nitrogens is 2. The number of aromatic amines is 1. The number of H-pyrrole nitrogens is 1. The summed E-state index contributed by atoms with van der Waals surface area (Å²) in [5, 5.41) is 16.6. The van der Waals surface area contributed by atoms with Crippen molar-refractivity contribution in [1.29, 1.82) is 0 Å². The number of aliphatic imine (C=N–C) groups is 1. The zero-order chi connectivity index (χ0) is 13.4. The maximum Gasteiger partial charge on any atom is 0.199 e. The van der Waals surface area contributed by atoms with Crippen molar-refractivity contribution in [3.63, 3.8) is 0 Å². The first kappa shape index (κ1) is 11.4. The van der Waals surface area contributed by atoms with Crippen molar-refractivity contribution < 1.29 is 9.90 Å². The van der Waals surface area contributed by atoms with Crippen LogP contribution in [0.15, 0.2) is 41.0 Å². The molecule has 3 rings (SSSR count). The van der Waals surface area contributed by atoms with Crippen molar-refractivity contribution in [3.8, 4) is 0 Å². The highest BCUT2D eigenvalue weighted by atomic mass is 16.3. The van der Waals surface area contributed by atoms with Gasteiger partial charge >= 0.3 is 0 Å². The summed E-state index contributed by atoms with van der Waals surface area (Å²) < 4.78 is 0. The Bertz CT molecular complexity index is 726. The standard InChI is InChI=1S/C14H11N3O2/c1-8-6-16-17-14(8)15-7-11-12(18)9-4-2-3-5-10(9)13(11)19/h2-7,18H,1H3,(H,16,17)/b15-7+. The van der Waals surface area contributed by atoms with E-state index in [9.17, 15) is 9.90 Å². The number of hydrogen-bond donors (Lipinski definition) is 2. The topological polar surface area (TPSA) is 78.3 Å². The van der Waals surface area contributed by atoms with Crippen LogP contribution < -0.4 is 0 Å². The van der Waals surface area contributed by atoms with Crippen LogP contribution in [0.5, 0.6) is 0 Å². The Kier molecular flexibility index (Phi) is 2.52. The molecule has 0 unspecified atom stereocenters. The second kappa shape index (κ2) is 4.20. The summed E-state index contributed by atoms with van der Waals surface area (Å²) in [7, 11) is 0. The summed E-state index contributed by atoms with van der Waals surface area (Å²) in [4.78, 5) is 16.3. The third-order valence-electron chi connectivity index (χ3n) is 3.05. The summed E-state index contributed by atoms with van der Waals surface area (Å²) in [6.45, 7) is 1.86. The number of Topliss-reactive ketones (excluding diaryl/α,β-unsaturated/α-hetero) is 1. The van der Waals surface area contributed by atoms with Gasteiger partial charge in [-0.25, -0.2) is 4.99 Å². The average molecular weight is 253 g/mol. The van der Waals surface area contributed by atoms with Crippen LogP contribution in [0.4, 0.5) is 5.82 Å². The summed E-state index contributed by atoms with van der Waals surface area (Å²) in [5.74, 6) is 0.333. The Labute approximate surface area is 109 Å². The normalized spacial score (nSPS) is 14.5. The van der Waals surface area contributed by atoms with Crippen LogP contribution in [0, 0.1) is 6.92 Å². The van der Waals surface area contributed by atoms with E-state index in [0.29, 0.717) is 16.9 Å². The lowest BCUT2D eigenvalue weighted by Gasteiger charge is -1.95. The number of ketones is 1. The Hall–Kier alpha value is -2.69. The van der Waals surface area contributed by atoms with Gasteiger partial charge in [0.15, 0.2) is 11.6 Å². The lowest BCUT2D eigenvalue weighted by atomic mass is 10.1. The van der Waals surface area contributed by atoms with Gasteiger partial charge in [0.05, 0.1) is 11.8 Å². The third-order valence-corrected chi connectivity index (χ3v) is 3.05. The predicted molar refractivity (Wildman–Crippen MR) is 71.8 cm³/mol. The molecule has 1 aliphatic carbocycles. The van der Waals surface area contributed by atoms with E-state index in [4.69, 9.17) is 0 Å². The Morgan fingerprint density at radius 2 is 2.05 bits per heavy atom. The molecule has 94 valence electrons. The Morgan fingerprint density at radius 3 is 2.68 bits per heavy atom. The number of carbonyl (C=O) groups excluding carboxylic acids is 1. The van der Waals surface area contributed by atoms with Gasteiger partial charge in [-0.15, -0.1) is 0 Å². The molecule has 19 heavy (non-hydrogen) atoms. The molecular formula is C14H11N3O2. The first-order valence-corrected chi connectivity index (χ1v) is 5.80. The molecule has 0 saturated heterocycles. The van der Waals surface area contributed by atoms with Crippen molar-refractivity contribution in [1.82, 2.24) is 10.2 Å². The van der Waals surface area contributed by atoms with Crippen LogP contribution in [0.2, 0.25) is 0 Å².